The molecule has 3 N–H and O–H groups in total. The maximum atomic E-state index is 13.3. The fourth-order valence-corrected chi connectivity index (χ4v) is 2.73. The average Bonchev–Trinajstić information content (AvgIpc) is 2.41. The van der Waals surface area contributed by atoms with Gasteiger partial charge in [0.25, 0.3) is 0 Å². The van der Waals surface area contributed by atoms with E-state index in [2.05, 4.69) is 5.43 Å². The third kappa shape index (κ3) is 2.10. The van der Waals surface area contributed by atoms with Gasteiger partial charge in [-0.3, -0.25) is 10.2 Å². The van der Waals surface area contributed by atoms with Crippen molar-refractivity contribution in [3.63, 3.8) is 0 Å². The molecule has 5 heteroatoms. The molecule has 0 saturated heterocycles. The summed E-state index contributed by atoms with van der Waals surface area (Å²) in [4.78, 5) is 12.0. The fraction of sp³-hybridized carbons (Fsp3) is 0.462. The minimum atomic E-state index is -0.928. The normalized spacial score (nSPS) is 18.4. The summed E-state index contributed by atoms with van der Waals surface area (Å²) < 4.78 is 26.3. The van der Waals surface area contributed by atoms with E-state index in [1.54, 1.807) is 0 Å². The van der Waals surface area contributed by atoms with Crippen molar-refractivity contribution in [2.45, 2.75) is 37.5 Å². The van der Waals surface area contributed by atoms with Crippen LogP contribution in [0.3, 0.4) is 0 Å². The number of rotatable bonds is 2. The van der Waals surface area contributed by atoms with Crippen LogP contribution in [-0.2, 0) is 10.2 Å². The number of halogens is 2. The molecule has 3 nitrogen and oxygen atoms in total. The van der Waals surface area contributed by atoms with E-state index in [0.29, 0.717) is 18.4 Å². The van der Waals surface area contributed by atoms with Crippen LogP contribution in [-0.4, -0.2) is 5.91 Å². The third-order valence-corrected chi connectivity index (χ3v) is 3.75. The molecule has 1 aliphatic rings. The summed E-state index contributed by atoms with van der Waals surface area (Å²) in [6.07, 6.45) is 4.03. The largest absolute Gasteiger partial charge is 0.293 e. The molecule has 0 aliphatic heterocycles. The van der Waals surface area contributed by atoms with Crippen LogP contribution in [0.25, 0.3) is 0 Å². The highest BCUT2D eigenvalue weighted by molar-refractivity contribution is 5.87. The first-order valence-electron chi connectivity index (χ1n) is 6.07. The first kappa shape index (κ1) is 13.0. The summed E-state index contributed by atoms with van der Waals surface area (Å²) in [5, 5.41) is 0. The van der Waals surface area contributed by atoms with Crippen LogP contribution in [0.2, 0.25) is 0 Å². The van der Waals surface area contributed by atoms with E-state index in [1.165, 1.54) is 6.07 Å². The Bertz CT molecular complexity index is 456. The van der Waals surface area contributed by atoms with Crippen molar-refractivity contribution in [1.82, 2.24) is 5.43 Å². The standard InChI is InChI=1S/C13H16F2N2O/c14-10-5-4-9(8-11(10)15)13(12(18)17-16)6-2-1-3-7-13/h4-5,8H,1-3,6-7,16H2,(H,17,18). The Morgan fingerprint density at radius 2 is 1.83 bits per heavy atom. The molecule has 1 aliphatic carbocycles. The molecular weight excluding hydrogens is 238 g/mol. The van der Waals surface area contributed by atoms with Gasteiger partial charge < -0.3 is 0 Å². The maximum Gasteiger partial charge on any atom is 0.244 e. The summed E-state index contributed by atoms with van der Waals surface area (Å²) in [6, 6.07) is 3.64. The van der Waals surface area contributed by atoms with Crippen LogP contribution in [0, 0.1) is 11.6 Å². The number of hydrazine groups is 1. The summed E-state index contributed by atoms with van der Waals surface area (Å²) in [6.45, 7) is 0. The van der Waals surface area contributed by atoms with Crippen molar-refractivity contribution in [2.75, 3.05) is 0 Å². The van der Waals surface area contributed by atoms with Crippen LogP contribution in [0.4, 0.5) is 8.78 Å². The Morgan fingerprint density at radius 3 is 2.39 bits per heavy atom. The molecule has 1 aromatic carbocycles. The van der Waals surface area contributed by atoms with Gasteiger partial charge in [-0.25, -0.2) is 14.6 Å². The molecule has 1 fully saturated rings. The minimum absolute atomic E-state index is 0.326. The summed E-state index contributed by atoms with van der Waals surface area (Å²) in [7, 11) is 0. The molecule has 1 amide bonds. The molecular formula is C13H16F2N2O. The zero-order chi connectivity index (χ0) is 13.2. The van der Waals surface area contributed by atoms with Gasteiger partial charge in [0.05, 0.1) is 5.41 Å². The van der Waals surface area contributed by atoms with Crippen molar-refractivity contribution in [3.8, 4) is 0 Å². The minimum Gasteiger partial charge on any atom is -0.293 e. The van der Waals surface area contributed by atoms with Crippen molar-refractivity contribution in [1.29, 1.82) is 0 Å². The van der Waals surface area contributed by atoms with E-state index in [4.69, 9.17) is 5.84 Å². The molecule has 0 atom stereocenters. The van der Waals surface area contributed by atoms with Gasteiger partial charge in [0.2, 0.25) is 5.91 Å². The van der Waals surface area contributed by atoms with Crippen LogP contribution < -0.4 is 11.3 Å². The van der Waals surface area contributed by atoms with Crippen molar-refractivity contribution >= 4 is 5.91 Å². The number of nitrogens with two attached hydrogens (primary N) is 1. The molecule has 0 radical (unpaired) electrons. The van der Waals surface area contributed by atoms with Gasteiger partial charge in [-0.05, 0) is 30.5 Å². The molecule has 0 spiro atoms. The first-order chi connectivity index (χ1) is 8.60. The highest BCUT2D eigenvalue weighted by Crippen LogP contribution is 2.40. The number of carbonyl (C=O) groups excluding carboxylic acids is 1. The molecule has 1 saturated carbocycles. The second kappa shape index (κ2) is 5.02. The Balaban J connectivity index is 2.45. The van der Waals surface area contributed by atoms with E-state index < -0.39 is 17.0 Å². The van der Waals surface area contributed by atoms with Gasteiger partial charge in [0.1, 0.15) is 0 Å². The van der Waals surface area contributed by atoms with E-state index in [1.807, 2.05) is 0 Å². The predicted molar refractivity (Wildman–Crippen MR) is 63.5 cm³/mol. The number of benzene rings is 1. The summed E-state index contributed by atoms with van der Waals surface area (Å²) in [5.41, 5.74) is 1.84. The molecule has 1 aromatic rings. The molecule has 0 bridgehead atoms. The lowest BCUT2D eigenvalue weighted by atomic mass is 9.69. The lowest BCUT2D eigenvalue weighted by Gasteiger charge is -2.35. The second-order valence-electron chi connectivity index (χ2n) is 4.75. The Morgan fingerprint density at radius 1 is 1.17 bits per heavy atom. The van der Waals surface area contributed by atoms with Gasteiger partial charge in [0, 0.05) is 0 Å². The quantitative estimate of drug-likeness (QED) is 0.482. The van der Waals surface area contributed by atoms with Crippen LogP contribution >= 0.6 is 0 Å². The van der Waals surface area contributed by atoms with Gasteiger partial charge in [-0.2, -0.15) is 0 Å². The van der Waals surface area contributed by atoms with E-state index in [0.717, 1.165) is 31.4 Å². The Kier molecular flexibility index (Phi) is 3.61. The monoisotopic (exact) mass is 254 g/mol. The molecule has 0 unspecified atom stereocenters. The second-order valence-corrected chi connectivity index (χ2v) is 4.75. The smallest absolute Gasteiger partial charge is 0.244 e. The van der Waals surface area contributed by atoms with Crippen LogP contribution in [0.5, 0.6) is 0 Å². The number of hydrogen-bond donors (Lipinski definition) is 2. The number of amides is 1. The third-order valence-electron chi connectivity index (χ3n) is 3.75. The topological polar surface area (TPSA) is 55.1 Å². The first-order valence-corrected chi connectivity index (χ1v) is 6.07. The van der Waals surface area contributed by atoms with Crippen molar-refractivity contribution < 1.29 is 13.6 Å². The van der Waals surface area contributed by atoms with Gasteiger partial charge in [-0.1, -0.05) is 25.3 Å². The SMILES string of the molecule is NNC(=O)C1(c2ccc(F)c(F)c2)CCCCC1. The van der Waals surface area contributed by atoms with Crippen LogP contribution in [0.1, 0.15) is 37.7 Å². The number of hydrogen-bond acceptors (Lipinski definition) is 2. The van der Waals surface area contributed by atoms with Crippen molar-refractivity contribution in [3.05, 3.63) is 35.4 Å². The van der Waals surface area contributed by atoms with E-state index in [9.17, 15) is 13.6 Å². The summed E-state index contributed by atoms with van der Waals surface area (Å²) >= 11 is 0. The molecule has 0 aromatic heterocycles. The highest BCUT2D eigenvalue weighted by atomic mass is 19.2. The zero-order valence-electron chi connectivity index (χ0n) is 10.0. The van der Waals surface area contributed by atoms with Crippen LogP contribution in [0.15, 0.2) is 18.2 Å². The van der Waals surface area contributed by atoms with E-state index >= 15 is 0 Å². The molecule has 2 rings (SSSR count). The lowest BCUT2D eigenvalue weighted by molar-refractivity contribution is -0.128. The summed E-state index contributed by atoms with van der Waals surface area (Å²) in [5.74, 6) is 3.07. The number of nitrogens with one attached hydrogen (secondary N) is 1. The van der Waals surface area contributed by atoms with Gasteiger partial charge in [0.15, 0.2) is 11.6 Å². The van der Waals surface area contributed by atoms with E-state index in [-0.39, 0.29) is 5.91 Å². The highest BCUT2D eigenvalue weighted by Gasteiger charge is 2.41. The Labute approximate surface area is 104 Å². The lowest BCUT2D eigenvalue weighted by Crippen LogP contribution is -2.48. The van der Waals surface area contributed by atoms with Crippen molar-refractivity contribution in [2.24, 2.45) is 5.84 Å². The predicted octanol–water partition coefficient (Wildman–Crippen LogP) is 2.16. The molecule has 0 heterocycles. The van der Waals surface area contributed by atoms with Gasteiger partial charge >= 0.3 is 0 Å². The Hall–Kier alpha value is -1.49. The molecule has 18 heavy (non-hydrogen) atoms. The molecule has 98 valence electrons. The van der Waals surface area contributed by atoms with Gasteiger partial charge in [-0.15, -0.1) is 0 Å². The fourth-order valence-electron chi connectivity index (χ4n) is 2.73. The zero-order valence-corrected chi connectivity index (χ0v) is 10.0. The average molecular weight is 254 g/mol. The number of carbonyl (C=O) groups is 1. The maximum absolute atomic E-state index is 13.3.